The molecular formula is C39H42N4O9. The molecule has 0 radical (unpaired) electrons. The van der Waals surface area contributed by atoms with Gasteiger partial charge in [0.15, 0.2) is 0 Å². The van der Waals surface area contributed by atoms with Crippen LogP contribution in [0.3, 0.4) is 0 Å². The van der Waals surface area contributed by atoms with E-state index in [0.717, 1.165) is 17.7 Å². The van der Waals surface area contributed by atoms with Crippen LogP contribution in [0.2, 0.25) is 0 Å². The Morgan fingerprint density at radius 3 is 2.13 bits per heavy atom. The first-order valence-electron chi connectivity index (χ1n) is 17.7. The first-order valence-corrected chi connectivity index (χ1v) is 17.7. The molecule has 1 unspecified atom stereocenters. The van der Waals surface area contributed by atoms with E-state index in [9.17, 15) is 28.8 Å². The summed E-state index contributed by atoms with van der Waals surface area (Å²) in [5.41, 5.74) is 5.09. The number of nitrogens with zero attached hydrogens (tertiary/aromatic N) is 1. The molecule has 3 aliphatic rings. The third-order valence-corrected chi connectivity index (χ3v) is 9.39. The van der Waals surface area contributed by atoms with Crippen LogP contribution < -0.4 is 16.0 Å². The number of hydrogen-bond donors (Lipinski definition) is 3. The number of alkyl carbamates (subject to hydrolysis) is 1. The maximum atomic E-state index is 13.2. The number of piperidine rings is 1. The highest BCUT2D eigenvalue weighted by atomic mass is 16.5. The summed E-state index contributed by atoms with van der Waals surface area (Å²) in [6, 6.07) is 19.9. The second kappa shape index (κ2) is 17.2. The number of carbonyl (C=O) groups excluding carboxylic acids is 6. The van der Waals surface area contributed by atoms with Gasteiger partial charge in [0.2, 0.25) is 17.7 Å². The van der Waals surface area contributed by atoms with Gasteiger partial charge < -0.3 is 24.8 Å². The average molecular weight is 711 g/mol. The minimum atomic E-state index is -1.08. The van der Waals surface area contributed by atoms with Gasteiger partial charge in [-0.05, 0) is 60.1 Å². The highest BCUT2D eigenvalue weighted by Gasteiger charge is 2.45. The molecule has 1 atom stereocenters. The van der Waals surface area contributed by atoms with Crippen molar-refractivity contribution < 1.29 is 43.0 Å². The Morgan fingerprint density at radius 1 is 0.750 bits per heavy atom. The van der Waals surface area contributed by atoms with Crippen LogP contribution in [0.15, 0.2) is 66.7 Å². The van der Waals surface area contributed by atoms with Crippen molar-refractivity contribution >= 4 is 41.3 Å². The lowest BCUT2D eigenvalue weighted by molar-refractivity contribution is -0.136. The summed E-state index contributed by atoms with van der Waals surface area (Å²) in [6.45, 7) is 2.57. The molecule has 0 spiro atoms. The standard InChI is InChI=1S/C39H42N4O9/c44-33(41-31-15-8-14-29-35(31)38(48)43(37(29)47)32-17-18-34(45)42-36(32)46)16-2-1-7-20-50-22-23-51-21-9-19-40-39(49)52-24-30-27-12-5-3-10-25(27)26-11-4-6-13-28(26)30/h3-6,8,10-15,30,32H,1-2,7,9,16-24H2,(H,40,49)(H,41,44)(H,42,45,46). The number of carbonyl (C=O) groups is 6. The van der Waals surface area contributed by atoms with E-state index in [1.54, 1.807) is 12.1 Å². The zero-order chi connectivity index (χ0) is 36.5. The Morgan fingerprint density at radius 2 is 1.42 bits per heavy atom. The Labute approximate surface area is 301 Å². The predicted molar refractivity (Wildman–Crippen MR) is 190 cm³/mol. The van der Waals surface area contributed by atoms with Crippen LogP contribution >= 0.6 is 0 Å². The van der Waals surface area contributed by atoms with Gasteiger partial charge in [0.05, 0.1) is 30.0 Å². The van der Waals surface area contributed by atoms with E-state index in [0.29, 0.717) is 45.8 Å². The molecule has 0 saturated carbocycles. The van der Waals surface area contributed by atoms with Crippen molar-refractivity contribution in [2.45, 2.75) is 56.9 Å². The van der Waals surface area contributed by atoms with Crippen molar-refractivity contribution in [2.75, 3.05) is 44.9 Å². The normalized spacial score (nSPS) is 16.3. The number of nitrogens with one attached hydrogen (secondary N) is 3. The van der Waals surface area contributed by atoms with Crippen LogP contribution in [0.1, 0.15) is 82.7 Å². The van der Waals surface area contributed by atoms with Gasteiger partial charge in [-0.25, -0.2) is 4.79 Å². The molecule has 6 amide bonds. The molecule has 3 N–H and O–H groups in total. The van der Waals surface area contributed by atoms with Crippen LogP contribution in [0.5, 0.6) is 0 Å². The van der Waals surface area contributed by atoms with Gasteiger partial charge in [-0.1, -0.05) is 61.0 Å². The second-order valence-electron chi connectivity index (χ2n) is 12.9. The monoisotopic (exact) mass is 710 g/mol. The molecule has 52 heavy (non-hydrogen) atoms. The number of amides is 6. The topological polar surface area (TPSA) is 169 Å². The SMILES string of the molecule is O=C1CCC(N2C(=O)c3cccc(NC(=O)CCCCCOCCOCCCNC(=O)OCC4c5ccccc5-c5ccccc54)c3C2=O)C(=O)N1. The van der Waals surface area contributed by atoms with E-state index >= 15 is 0 Å². The summed E-state index contributed by atoms with van der Waals surface area (Å²) >= 11 is 0. The van der Waals surface area contributed by atoms with Crippen LogP contribution in [0.25, 0.3) is 11.1 Å². The van der Waals surface area contributed by atoms with Crippen molar-refractivity contribution in [1.29, 1.82) is 0 Å². The number of unbranched alkanes of at least 4 members (excludes halogenated alkanes) is 2. The largest absolute Gasteiger partial charge is 0.449 e. The fraction of sp³-hybridized carbons (Fsp3) is 0.385. The molecule has 3 aromatic carbocycles. The average Bonchev–Trinajstić information content (AvgIpc) is 3.60. The summed E-state index contributed by atoms with van der Waals surface area (Å²) in [5, 5.41) is 7.69. The van der Waals surface area contributed by atoms with Gasteiger partial charge >= 0.3 is 6.09 Å². The van der Waals surface area contributed by atoms with Crippen molar-refractivity contribution in [3.8, 4) is 11.1 Å². The fourth-order valence-electron chi connectivity index (χ4n) is 6.83. The Kier molecular flexibility index (Phi) is 12.0. The minimum absolute atomic E-state index is 0.0202. The first kappa shape index (κ1) is 36.4. The van der Waals surface area contributed by atoms with Gasteiger partial charge in [0, 0.05) is 38.5 Å². The van der Waals surface area contributed by atoms with E-state index in [2.05, 4.69) is 40.2 Å². The lowest BCUT2D eigenvalue weighted by atomic mass is 9.98. The van der Waals surface area contributed by atoms with Gasteiger partial charge in [-0.3, -0.25) is 34.2 Å². The number of hydrogen-bond acceptors (Lipinski definition) is 9. The van der Waals surface area contributed by atoms with Gasteiger partial charge in [-0.2, -0.15) is 0 Å². The summed E-state index contributed by atoms with van der Waals surface area (Å²) < 4.78 is 16.8. The molecule has 1 fully saturated rings. The molecule has 2 aliphatic heterocycles. The van der Waals surface area contributed by atoms with Crippen LogP contribution in [-0.2, 0) is 28.6 Å². The molecule has 1 aliphatic carbocycles. The zero-order valence-corrected chi connectivity index (χ0v) is 28.8. The Hall–Kier alpha value is -5.40. The number of anilines is 1. The fourth-order valence-corrected chi connectivity index (χ4v) is 6.83. The Bertz CT molecular complexity index is 1800. The first-order chi connectivity index (χ1) is 25.3. The lowest BCUT2D eigenvalue weighted by Gasteiger charge is -2.27. The second-order valence-corrected chi connectivity index (χ2v) is 12.9. The molecule has 6 rings (SSSR count). The van der Waals surface area contributed by atoms with Gasteiger partial charge in [0.1, 0.15) is 12.6 Å². The summed E-state index contributed by atoms with van der Waals surface area (Å²) in [5.74, 6) is -2.71. The van der Waals surface area contributed by atoms with Crippen molar-refractivity contribution in [3.05, 3.63) is 89.0 Å². The molecule has 0 bridgehead atoms. The third-order valence-electron chi connectivity index (χ3n) is 9.39. The maximum absolute atomic E-state index is 13.2. The molecule has 2 heterocycles. The molecular weight excluding hydrogens is 668 g/mol. The van der Waals surface area contributed by atoms with E-state index in [1.165, 1.54) is 28.3 Å². The van der Waals surface area contributed by atoms with Crippen LogP contribution in [0, 0.1) is 0 Å². The Balaban J connectivity index is 0.784. The highest BCUT2D eigenvalue weighted by molar-refractivity contribution is 6.26. The summed E-state index contributed by atoms with van der Waals surface area (Å²) in [6.07, 6.45) is 2.61. The van der Waals surface area contributed by atoms with Crippen molar-refractivity contribution in [2.24, 2.45) is 0 Å². The predicted octanol–water partition coefficient (Wildman–Crippen LogP) is 4.55. The van der Waals surface area contributed by atoms with Gasteiger partial charge in [-0.15, -0.1) is 0 Å². The van der Waals surface area contributed by atoms with E-state index in [-0.39, 0.29) is 54.5 Å². The highest BCUT2D eigenvalue weighted by Crippen LogP contribution is 2.44. The summed E-state index contributed by atoms with van der Waals surface area (Å²) in [4.78, 5) is 75.9. The molecule has 13 heteroatoms. The molecule has 3 aromatic rings. The van der Waals surface area contributed by atoms with Crippen molar-refractivity contribution in [3.63, 3.8) is 0 Å². The molecule has 1 saturated heterocycles. The number of imide groups is 2. The van der Waals surface area contributed by atoms with E-state index < -0.39 is 35.8 Å². The smallest absolute Gasteiger partial charge is 0.407 e. The van der Waals surface area contributed by atoms with Crippen LogP contribution in [-0.4, -0.2) is 86.2 Å². The van der Waals surface area contributed by atoms with E-state index in [1.807, 2.05) is 24.3 Å². The van der Waals surface area contributed by atoms with E-state index in [4.69, 9.17) is 14.2 Å². The quantitative estimate of drug-likeness (QED) is 0.134. The number of benzene rings is 3. The molecule has 13 nitrogen and oxygen atoms in total. The van der Waals surface area contributed by atoms with Gasteiger partial charge in [0.25, 0.3) is 11.8 Å². The zero-order valence-electron chi connectivity index (χ0n) is 28.8. The maximum Gasteiger partial charge on any atom is 0.407 e. The number of ether oxygens (including phenoxy) is 3. The molecule has 0 aromatic heterocycles. The number of fused-ring (bicyclic) bond motifs is 4. The minimum Gasteiger partial charge on any atom is -0.449 e. The lowest BCUT2D eigenvalue weighted by Crippen LogP contribution is -2.54. The molecule has 272 valence electrons. The van der Waals surface area contributed by atoms with Crippen LogP contribution in [0.4, 0.5) is 10.5 Å². The van der Waals surface area contributed by atoms with Crippen molar-refractivity contribution in [1.82, 2.24) is 15.5 Å². The summed E-state index contributed by atoms with van der Waals surface area (Å²) in [7, 11) is 0. The number of rotatable bonds is 17. The third kappa shape index (κ3) is 8.38.